The Bertz CT molecular complexity index is 366. The Morgan fingerprint density at radius 2 is 1.12 bits per heavy atom. The van der Waals surface area contributed by atoms with Gasteiger partial charge >= 0.3 is 23.9 Å². The van der Waals surface area contributed by atoms with E-state index in [2.05, 4.69) is 22.6 Å². The minimum Gasteiger partial charge on any atom is -0.389 e. The molecule has 0 unspecified atom stereocenters. The van der Waals surface area contributed by atoms with E-state index >= 15 is 0 Å². The third-order valence-electron chi connectivity index (χ3n) is 1.40. The number of carbonyl (C=O) groups is 4. The second kappa shape index (κ2) is 6.37. The molecule has 0 atom stereocenters. The predicted molar refractivity (Wildman–Crippen MR) is 56.4 cm³/mol. The van der Waals surface area contributed by atoms with Crippen LogP contribution in [0.1, 0.15) is 20.3 Å². The molecule has 0 rings (SSSR count). The van der Waals surface area contributed by atoms with Gasteiger partial charge in [-0.2, -0.15) is 0 Å². The van der Waals surface area contributed by atoms with E-state index in [-0.39, 0.29) is 11.1 Å². The van der Waals surface area contributed by atoms with E-state index in [1.165, 1.54) is 13.8 Å². The smallest absolute Gasteiger partial charge is 0.340 e. The lowest BCUT2D eigenvalue weighted by molar-refractivity contribution is -0.163. The standard InChI is InChI=1S/C11H12O6/c1-6(2)10(14)16-8(12)5-9(13)17-11(15)7(3)4/h1,3,5H2,2,4H3. The fraction of sp³-hybridized carbons (Fsp3) is 0.273. The summed E-state index contributed by atoms with van der Waals surface area (Å²) in [6.07, 6.45) is -0.835. The number of hydrogen-bond donors (Lipinski definition) is 0. The Morgan fingerprint density at radius 1 is 0.824 bits per heavy atom. The molecule has 0 aliphatic heterocycles. The minimum absolute atomic E-state index is 0.0183. The maximum atomic E-state index is 11.0. The zero-order valence-corrected chi connectivity index (χ0v) is 9.57. The second-order valence-electron chi connectivity index (χ2n) is 3.26. The van der Waals surface area contributed by atoms with Crippen LogP contribution >= 0.6 is 0 Å². The van der Waals surface area contributed by atoms with E-state index in [9.17, 15) is 19.2 Å². The normalized spacial score (nSPS) is 9.06. The molecule has 0 bridgehead atoms. The van der Waals surface area contributed by atoms with Crippen molar-refractivity contribution >= 4 is 23.9 Å². The van der Waals surface area contributed by atoms with Gasteiger partial charge in [0.25, 0.3) is 0 Å². The SMILES string of the molecule is C=C(C)C(=O)OC(=O)CC(=O)OC(=O)C(=C)C. The molecule has 0 saturated heterocycles. The molecule has 0 aromatic rings. The van der Waals surface area contributed by atoms with Gasteiger partial charge in [-0.25, -0.2) is 9.59 Å². The molecule has 0 aliphatic rings. The molecule has 0 aromatic carbocycles. The van der Waals surface area contributed by atoms with Crippen LogP contribution in [-0.4, -0.2) is 23.9 Å². The van der Waals surface area contributed by atoms with Crippen molar-refractivity contribution < 1.29 is 28.7 Å². The van der Waals surface area contributed by atoms with Gasteiger partial charge in [0.05, 0.1) is 0 Å². The zero-order chi connectivity index (χ0) is 13.6. The topological polar surface area (TPSA) is 86.7 Å². The van der Waals surface area contributed by atoms with E-state index in [4.69, 9.17) is 0 Å². The van der Waals surface area contributed by atoms with Crippen molar-refractivity contribution in [1.29, 1.82) is 0 Å². The van der Waals surface area contributed by atoms with Gasteiger partial charge in [0.1, 0.15) is 6.42 Å². The molecule has 0 aliphatic carbocycles. The van der Waals surface area contributed by atoms with Crippen LogP contribution in [0.15, 0.2) is 24.3 Å². The average molecular weight is 240 g/mol. The van der Waals surface area contributed by atoms with Crippen molar-refractivity contribution in [3.05, 3.63) is 24.3 Å². The van der Waals surface area contributed by atoms with Crippen molar-refractivity contribution in [1.82, 2.24) is 0 Å². The first-order chi connectivity index (χ1) is 7.73. The molecule has 17 heavy (non-hydrogen) atoms. The van der Waals surface area contributed by atoms with Crippen molar-refractivity contribution in [2.45, 2.75) is 20.3 Å². The lowest BCUT2D eigenvalue weighted by Gasteiger charge is -2.02. The summed E-state index contributed by atoms with van der Waals surface area (Å²) < 4.78 is 8.43. The molecule has 6 nitrogen and oxygen atoms in total. The first-order valence-corrected chi connectivity index (χ1v) is 4.55. The average Bonchev–Trinajstić information content (AvgIpc) is 2.16. The van der Waals surface area contributed by atoms with Gasteiger partial charge in [-0.1, -0.05) is 13.2 Å². The Morgan fingerprint density at radius 3 is 1.35 bits per heavy atom. The van der Waals surface area contributed by atoms with Crippen molar-refractivity contribution in [2.24, 2.45) is 0 Å². The maximum Gasteiger partial charge on any atom is 0.340 e. The van der Waals surface area contributed by atoms with Crippen LogP contribution in [0.4, 0.5) is 0 Å². The summed E-state index contributed by atoms with van der Waals surface area (Å²) in [5.41, 5.74) is 0.0365. The van der Waals surface area contributed by atoms with Gasteiger partial charge in [-0.3, -0.25) is 9.59 Å². The number of carbonyl (C=O) groups excluding carboxylic acids is 4. The highest BCUT2D eigenvalue weighted by molar-refractivity contribution is 6.04. The van der Waals surface area contributed by atoms with Crippen LogP contribution in [0.5, 0.6) is 0 Å². The fourth-order valence-electron chi connectivity index (χ4n) is 0.571. The molecule has 0 heterocycles. The molecule has 0 saturated carbocycles. The van der Waals surface area contributed by atoms with Crippen LogP contribution < -0.4 is 0 Å². The van der Waals surface area contributed by atoms with Gasteiger partial charge in [0, 0.05) is 11.1 Å². The molecular formula is C11H12O6. The third kappa shape index (κ3) is 6.03. The quantitative estimate of drug-likeness (QED) is 0.407. The highest BCUT2D eigenvalue weighted by Gasteiger charge is 2.19. The molecule has 0 spiro atoms. The first kappa shape index (κ1) is 14.8. The fourth-order valence-corrected chi connectivity index (χ4v) is 0.571. The van der Waals surface area contributed by atoms with Crippen LogP contribution in [0.25, 0.3) is 0 Å². The van der Waals surface area contributed by atoms with Crippen LogP contribution in [0.2, 0.25) is 0 Å². The van der Waals surface area contributed by atoms with Crippen LogP contribution in [0.3, 0.4) is 0 Å². The lowest BCUT2D eigenvalue weighted by Crippen LogP contribution is -2.20. The molecule has 0 N–H and O–H groups in total. The van der Waals surface area contributed by atoms with Gasteiger partial charge in [-0.15, -0.1) is 0 Å². The molecule has 0 aromatic heterocycles. The molecule has 92 valence electrons. The van der Waals surface area contributed by atoms with Gasteiger partial charge < -0.3 is 9.47 Å². The molecule has 0 amide bonds. The number of ether oxygens (including phenoxy) is 2. The van der Waals surface area contributed by atoms with Crippen LogP contribution in [-0.2, 0) is 28.7 Å². The van der Waals surface area contributed by atoms with E-state index < -0.39 is 30.3 Å². The number of hydrogen-bond acceptors (Lipinski definition) is 6. The summed E-state index contributed by atoms with van der Waals surface area (Å²) in [5.74, 6) is -4.10. The van der Waals surface area contributed by atoms with Gasteiger partial charge in [0.2, 0.25) is 0 Å². The summed E-state index contributed by atoms with van der Waals surface area (Å²) in [5, 5.41) is 0. The van der Waals surface area contributed by atoms with E-state index in [0.29, 0.717) is 0 Å². The highest BCUT2D eigenvalue weighted by atomic mass is 16.6. The summed E-state index contributed by atoms with van der Waals surface area (Å²) in [7, 11) is 0. The van der Waals surface area contributed by atoms with Gasteiger partial charge in [0.15, 0.2) is 0 Å². The van der Waals surface area contributed by atoms with Crippen molar-refractivity contribution in [2.75, 3.05) is 0 Å². The highest BCUT2D eigenvalue weighted by Crippen LogP contribution is 1.99. The Labute approximate surface area is 97.9 Å². The minimum atomic E-state index is -1.11. The molecule has 0 fully saturated rings. The Hall–Kier alpha value is -2.24. The molecule has 0 radical (unpaired) electrons. The summed E-state index contributed by atoms with van der Waals surface area (Å²) >= 11 is 0. The third-order valence-corrected chi connectivity index (χ3v) is 1.40. The van der Waals surface area contributed by atoms with E-state index in [1.807, 2.05) is 0 Å². The Kier molecular flexibility index (Phi) is 5.53. The summed E-state index contributed by atoms with van der Waals surface area (Å²) in [6.45, 7) is 9.19. The predicted octanol–water partition coefficient (Wildman–Crippen LogP) is 0.668. The monoisotopic (exact) mass is 240 g/mol. The Balaban J connectivity index is 4.18. The second-order valence-corrected chi connectivity index (χ2v) is 3.26. The zero-order valence-electron chi connectivity index (χ0n) is 9.57. The van der Waals surface area contributed by atoms with Crippen molar-refractivity contribution in [3.63, 3.8) is 0 Å². The number of esters is 4. The largest absolute Gasteiger partial charge is 0.389 e. The van der Waals surface area contributed by atoms with Gasteiger partial charge in [-0.05, 0) is 13.8 Å². The lowest BCUT2D eigenvalue weighted by atomic mass is 10.3. The molecule has 6 heteroatoms. The first-order valence-electron chi connectivity index (χ1n) is 4.55. The maximum absolute atomic E-state index is 11.0. The van der Waals surface area contributed by atoms with Crippen molar-refractivity contribution in [3.8, 4) is 0 Å². The van der Waals surface area contributed by atoms with E-state index in [1.54, 1.807) is 0 Å². The van der Waals surface area contributed by atoms with E-state index in [0.717, 1.165) is 0 Å². The van der Waals surface area contributed by atoms with Crippen LogP contribution in [0, 0.1) is 0 Å². The number of rotatable bonds is 4. The molecular weight excluding hydrogens is 228 g/mol. The summed E-state index contributed by atoms with van der Waals surface area (Å²) in [6, 6.07) is 0. The summed E-state index contributed by atoms with van der Waals surface area (Å²) in [4.78, 5) is 43.8.